The van der Waals surface area contributed by atoms with Gasteiger partial charge in [0.25, 0.3) is 0 Å². The van der Waals surface area contributed by atoms with E-state index in [4.69, 9.17) is 5.73 Å². The van der Waals surface area contributed by atoms with Gasteiger partial charge in [0, 0.05) is 24.2 Å². The van der Waals surface area contributed by atoms with Crippen molar-refractivity contribution in [1.82, 2.24) is 4.72 Å². The molecule has 0 aliphatic heterocycles. The quantitative estimate of drug-likeness (QED) is 0.719. The molecule has 6 nitrogen and oxygen atoms in total. The van der Waals surface area contributed by atoms with Crippen LogP contribution in [0.25, 0.3) is 0 Å². The van der Waals surface area contributed by atoms with Crippen molar-refractivity contribution in [2.45, 2.75) is 43.5 Å². The highest BCUT2D eigenvalue weighted by atomic mass is 35.5. The molecule has 2 rings (SSSR count). The molecule has 0 radical (unpaired) electrons. The van der Waals surface area contributed by atoms with Gasteiger partial charge in [0.1, 0.15) is 0 Å². The maximum atomic E-state index is 12.1. The second kappa shape index (κ2) is 8.63. The molecule has 1 fully saturated rings. The van der Waals surface area contributed by atoms with Gasteiger partial charge in [-0.15, -0.1) is 12.4 Å². The molecule has 23 heavy (non-hydrogen) atoms. The SMILES string of the molecule is CCCNS(=O)(=O)c1ccc(NC(=O)C2CCC(N)C2)cc1.Cl. The van der Waals surface area contributed by atoms with Gasteiger partial charge in [-0.25, -0.2) is 13.1 Å². The minimum Gasteiger partial charge on any atom is -0.328 e. The number of nitrogens with one attached hydrogen (secondary N) is 2. The molecule has 1 aromatic carbocycles. The first-order chi connectivity index (χ1) is 10.4. The summed E-state index contributed by atoms with van der Waals surface area (Å²) in [6.07, 6.45) is 3.12. The van der Waals surface area contributed by atoms with Gasteiger partial charge >= 0.3 is 0 Å². The van der Waals surface area contributed by atoms with Crippen LogP contribution in [0.5, 0.6) is 0 Å². The van der Waals surface area contributed by atoms with Crippen molar-refractivity contribution in [3.63, 3.8) is 0 Å². The molecule has 1 aliphatic carbocycles. The Balaban J connectivity index is 0.00000264. The number of hydrogen-bond acceptors (Lipinski definition) is 4. The summed E-state index contributed by atoms with van der Waals surface area (Å²) in [5, 5.41) is 2.82. The minimum atomic E-state index is -3.47. The van der Waals surface area contributed by atoms with Gasteiger partial charge in [0.05, 0.1) is 4.90 Å². The Morgan fingerprint density at radius 2 is 1.91 bits per heavy atom. The van der Waals surface area contributed by atoms with E-state index in [-0.39, 0.29) is 35.2 Å². The highest BCUT2D eigenvalue weighted by Crippen LogP contribution is 2.25. The number of rotatable bonds is 6. The second-order valence-electron chi connectivity index (χ2n) is 5.68. The molecule has 8 heteroatoms. The molecule has 1 saturated carbocycles. The van der Waals surface area contributed by atoms with Crippen LogP contribution in [0.1, 0.15) is 32.6 Å². The summed E-state index contributed by atoms with van der Waals surface area (Å²) in [4.78, 5) is 12.3. The third kappa shape index (κ3) is 5.46. The molecule has 2 atom stereocenters. The maximum absolute atomic E-state index is 12.1. The van der Waals surface area contributed by atoms with E-state index in [9.17, 15) is 13.2 Å². The summed E-state index contributed by atoms with van der Waals surface area (Å²) in [6, 6.07) is 6.30. The van der Waals surface area contributed by atoms with Crippen molar-refractivity contribution < 1.29 is 13.2 Å². The standard InChI is InChI=1S/C15H23N3O3S.ClH/c1-2-9-17-22(20,21)14-7-5-13(6-8-14)18-15(19)11-3-4-12(16)10-11;/h5-8,11-12,17H,2-4,9-10,16H2,1H3,(H,18,19);1H. The lowest BCUT2D eigenvalue weighted by Crippen LogP contribution is -2.24. The lowest BCUT2D eigenvalue weighted by molar-refractivity contribution is -0.119. The van der Waals surface area contributed by atoms with Crippen molar-refractivity contribution in [2.75, 3.05) is 11.9 Å². The highest BCUT2D eigenvalue weighted by molar-refractivity contribution is 7.89. The number of nitrogens with two attached hydrogens (primary N) is 1. The second-order valence-corrected chi connectivity index (χ2v) is 7.45. The molecule has 0 heterocycles. The fraction of sp³-hybridized carbons (Fsp3) is 0.533. The van der Waals surface area contributed by atoms with Crippen LogP contribution >= 0.6 is 12.4 Å². The molecule has 130 valence electrons. The van der Waals surface area contributed by atoms with Crippen molar-refractivity contribution in [3.05, 3.63) is 24.3 Å². The predicted molar refractivity (Wildman–Crippen MR) is 93.1 cm³/mol. The fourth-order valence-electron chi connectivity index (χ4n) is 2.54. The van der Waals surface area contributed by atoms with Gasteiger partial charge in [-0.1, -0.05) is 6.92 Å². The Morgan fingerprint density at radius 3 is 2.43 bits per heavy atom. The van der Waals surface area contributed by atoms with Crippen LogP contribution in [0, 0.1) is 5.92 Å². The molecular weight excluding hydrogens is 338 g/mol. The lowest BCUT2D eigenvalue weighted by Gasteiger charge is -2.11. The lowest BCUT2D eigenvalue weighted by atomic mass is 10.1. The zero-order chi connectivity index (χ0) is 16.2. The van der Waals surface area contributed by atoms with E-state index in [2.05, 4.69) is 10.0 Å². The Kier molecular flexibility index (Phi) is 7.47. The van der Waals surface area contributed by atoms with Crippen LogP contribution in [-0.4, -0.2) is 26.9 Å². The van der Waals surface area contributed by atoms with E-state index in [0.29, 0.717) is 18.7 Å². The molecular formula is C15H24ClN3O3S. The van der Waals surface area contributed by atoms with E-state index in [1.807, 2.05) is 6.92 Å². The predicted octanol–water partition coefficient (Wildman–Crippen LogP) is 1.86. The molecule has 1 amide bonds. The van der Waals surface area contributed by atoms with Crippen molar-refractivity contribution in [3.8, 4) is 0 Å². The Bertz CT molecular complexity index is 619. The molecule has 0 spiro atoms. The van der Waals surface area contributed by atoms with E-state index in [1.54, 1.807) is 12.1 Å². The normalized spacial score (nSPS) is 20.8. The van der Waals surface area contributed by atoms with Crippen LogP contribution in [0.3, 0.4) is 0 Å². The molecule has 0 aromatic heterocycles. The number of amides is 1. The average molecular weight is 362 g/mol. The largest absolute Gasteiger partial charge is 0.328 e. The molecule has 4 N–H and O–H groups in total. The van der Waals surface area contributed by atoms with Crippen LogP contribution in [0.15, 0.2) is 29.2 Å². The van der Waals surface area contributed by atoms with Crippen LogP contribution in [-0.2, 0) is 14.8 Å². The van der Waals surface area contributed by atoms with Gasteiger partial charge in [-0.05, 0) is 49.9 Å². The number of carbonyl (C=O) groups is 1. The van der Waals surface area contributed by atoms with Crippen molar-refractivity contribution in [2.24, 2.45) is 11.7 Å². The summed E-state index contributed by atoms with van der Waals surface area (Å²) in [5.74, 6) is -0.0997. The van der Waals surface area contributed by atoms with Gasteiger partial charge in [-0.2, -0.15) is 0 Å². The molecule has 2 unspecified atom stereocenters. The van der Waals surface area contributed by atoms with E-state index in [0.717, 1.165) is 19.3 Å². The number of halogens is 1. The third-order valence-electron chi connectivity index (χ3n) is 3.82. The van der Waals surface area contributed by atoms with E-state index in [1.165, 1.54) is 12.1 Å². The van der Waals surface area contributed by atoms with Gasteiger partial charge < -0.3 is 11.1 Å². The molecule has 1 aromatic rings. The number of sulfonamides is 1. The molecule has 1 aliphatic rings. The van der Waals surface area contributed by atoms with Gasteiger partial charge in [0.2, 0.25) is 15.9 Å². The molecule has 0 bridgehead atoms. The Hall–Kier alpha value is -1.15. The van der Waals surface area contributed by atoms with Gasteiger partial charge in [0.15, 0.2) is 0 Å². The topological polar surface area (TPSA) is 101 Å². The third-order valence-corrected chi connectivity index (χ3v) is 5.30. The number of hydrogen-bond donors (Lipinski definition) is 3. The van der Waals surface area contributed by atoms with E-state index >= 15 is 0 Å². The summed E-state index contributed by atoms with van der Waals surface area (Å²) in [5.41, 5.74) is 6.41. The first-order valence-corrected chi connectivity index (χ1v) is 9.07. The first kappa shape index (κ1) is 19.9. The Labute approximate surface area is 143 Å². The first-order valence-electron chi connectivity index (χ1n) is 7.58. The van der Waals surface area contributed by atoms with Crippen LogP contribution in [0.4, 0.5) is 5.69 Å². The van der Waals surface area contributed by atoms with Gasteiger partial charge in [-0.3, -0.25) is 4.79 Å². The fourth-order valence-corrected chi connectivity index (χ4v) is 3.67. The number of carbonyl (C=O) groups excluding carboxylic acids is 1. The maximum Gasteiger partial charge on any atom is 0.240 e. The monoisotopic (exact) mass is 361 g/mol. The number of anilines is 1. The number of benzene rings is 1. The minimum absolute atomic E-state index is 0. The summed E-state index contributed by atoms with van der Waals surface area (Å²) < 4.78 is 26.4. The average Bonchev–Trinajstić information content (AvgIpc) is 2.92. The smallest absolute Gasteiger partial charge is 0.240 e. The highest BCUT2D eigenvalue weighted by Gasteiger charge is 2.27. The zero-order valence-corrected chi connectivity index (χ0v) is 14.8. The zero-order valence-electron chi connectivity index (χ0n) is 13.1. The van der Waals surface area contributed by atoms with Crippen molar-refractivity contribution in [1.29, 1.82) is 0 Å². The van der Waals surface area contributed by atoms with Crippen LogP contribution in [0.2, 0.25) is 0 Å². The summed E-state index contributed by atoms with van der Waals surface area (Å²) >= 11 is 0. The summed E-state index contributed by atoms with van der Waals surface area (Å²) in [7, 11) is -3.47. The molecule has 0 saturated heterocycles. The summed E-state index contributed by atoms with van der Waals surface area (Å²) in [6.45, 7) is 2.30. The Morgan fingerprint density at radius 1 is 1.26 bits per heavy atom. The van der Waals surface area contributed by atoms with Crippen molar-refractivity contribution >= 4 is 34.0 Å². The van der Waals surface area contributed by atoms with E-state index < -0.39 is 10.0 Å². The van der Waals surface area contributed by atoms with Crippen LogP contribution < -0.4 is 15.8 Å².